The number of amides is 13. The molecule has 40 nitrogen and oxygen atoms in total. The Morgan fingerprint density at radius 1 is 0.522 bits per heavy atom. The van der Waals surface area contributed by atoms with Crippen molar-refractivity contribution < 1.29 is 86.6 Å². The maximum Gasteiger partial charge on any atom is 0.246 e. The van der Waals surface area contributed by atoms with E-state index in [1.807, 2.05) is 13.8 Å². The number of aromatic amines is 4. The van der Waals surface area contributed by atoms with Crippen molar-refractivity contribution in [1.29, 1.82) is 5.41 Å². The van der Waals surface area contributed by atoms with Gasteiger partial charge in [0.2, 0.25) is 76.8 Å². The number of Topliss-reactive ketones (excluding diaryl/α,β-unsaturated/α-hetero) is 4. The van der Waals surface area contributed by atoms with Crippen molar-refractivity contribution in [3.05, 3.63) is 144 Å². The van der Waals surface area contributed by atoms with E-state index in [0.717, 1.165) is 21.6 Å². The normalized spacial score (nSPS) is 23.5. The van der Waals surface area contributed by atoms with Crippen LogP contribution < -0.4 is 54.4 Å². The summed E-state index contributed by atoms with van der Waals surface area (Å²) in [5, 5.41) is 39.1. The van der Waals surface area contributed by atoms with Crippen LogP contribution in [0.3, 0.4) is 0 Å². The Bertz CT molecular complexity index is 5280. The molecule has 13 atom stereocenters. The fourth-order valence-corrected chi connectivity index (χ4v) is 17.9. The van der Waals surface area contributed by atoms with Gasteiger partial charge >= 0.3 is 0 Å². The number of unbranched alkanes of at least 4 members (excludes halogenated alkanes) is 2. The van der Waals surface area contributed by atoms with E-state index in [1.165, 1.54) is 74.9 Å². The number of likely N-dealkylation sites (N-methyl/N-ethyl adjacent to an activating group) is 4. The smallest absolute Gasteiger partial charge is 0.246 e. The molecule has 2 aliphatic heterocycles. The summed E-state index contributed by atoms with van der Waals surface area (Å²) in [6, 6.07) is 9.91. The van der Waals surface area contributed by atoms with Gasteiger partial charge in [-0.05, 0) is 80.7 Å². The van der Waals surface area contributed by atoms with Crippen LogP contribution in [-0.4, -0.2) is 292 Å². The molecule has 0 unspecified atom stereocenters. The molecule has 0 aliphatic carbocycles. The van der Waals surface area contributed by atoms with Gasteiger partial charge in [-0.1, -0.05) is 106 Å². The zero-order chi connectivity index (χ0) is 97.4. The Morgan fingerprint density at radius 3 is 1.66 bits per heavy atom. The van der Waals surface area contributed by atoms with Gasteiger partial charge < -0.3 is 104 Å². The van der Waals surface area contributed by atoms with Crippen molar-refractivity contribution in [3.63, 3.8) is 0 Å². The number of hydrogen-bond acceptors (Lipinski definition) is 22. The predicted molar refractivity (Wildman–Crippen MR) is 497 cm³/mol. The fraction of sp³-hybridized carbons (Fsp3) is 0.505. The van der Waals surface area contributed by atoms with Crippen molar-refractivity contribution in [2.75, 3.05) is 72.5 Å². The van der Waals surface area contributed by atoms with Gasteiger partial charge in [-0.3, -0.25) is 86.9 Å². The number of aliphatic hydroxyl groups is 1. The first-order chi connectivity index (χ1) is 64.1. The minimum Gasteiger partial charge on any atom is -0.396 e. The van der Waals surface area contributed by atoms with Crippen LogP contribution in [0.4, 0.5) is 0 Å². The maximum absolute atomic E-state index is 15.8. The van der Waals surface area contributed by atoms with E-state index < -0.39 is 241 Å². The van der Waals surface area contributed by atoms with Crippen LogP contribution in [0.15, 0.2) is 116 Å². The molecule has 13 amide bonds. The topological polar surface area (TPSA) is 602 Å². The van der Waals surface area contributed by atoms with Crippen LogP contribution in [-0.2, 0) is 114 Å². The first-order valence-corrected chi connectivity index (χ1v) is 46.4. The molecule has 2 aliphatic rings. The Hall–Kier alpha value is -13.5. The van der Waals surface area contributed by atoms with Crippen LogP contribution >= 0.6 is 11.8 Å². The number of aliphatic hydroxyl groups excluding tert-OH is 1. The molecular weight excluding hydrogens is 1750 g/mol. The Morgan fingerprint density at radius 2 is 1.07 bits per heavy atom. The lowest BCUT2D eigenvalue weighted by atomic mass is 9.84. The monoisotopic (exact) mass is 1870 g/mol. The number of benzene rings is 3. The Balaban J connectivity index is 1.09. The van der Waals surface area contributed by atoms with E-state index in [-0.39, 0.29) is 89.5 Å². The minimum absolute atomic E-state index is 0.0382. The molecule has 134 heavy (non-hydrogen) atoms. The first kappa shape index (κ1) is 104. The summed E-state index contributed by atoms with van der Waals surface area (Å²) in [6.45, 7) is 2.70. The van der Waals surface area contributed by atoms with E-state index in [0.29, 0.717) is 75.6 Å². The summed E-state index contributed by atoms with van der Waals surface area (Å²) in [5.74, 6) is -20.3. The van der Waals surface area contributed by atoms with Gasteiger partial charge in [0.25, 0.3) is 0 Å². The lowest BCUT2D eigenvalue weighted by molar-refractivity contribution is -0.149. The molecule has 0 bridgehead atoms. The Labute approximate surface area is 780 Å². The highest BCUT2D eigenvalue weighted by atomic mass is 32.2. The number of thioether (sulfide) groups is 1. The quantitative estimate of drug-likeness (QED) is 0.0205. The van der Waals surface area contributed by atoms with Crippen LogP contribution in [0.5, 0.6) is 0 Å². The van der Waals surface area contributed by atoms with E-state index in [9.17, 15) is 43.5 Å². The third-order valence-electron chi connectivity index (χ3n) is 24.6. The number of rotatable bonds is 26. The predicted octanol–water partition coefficient (Wildman–Crippen LogP) is 1.14. The molecule has 2 fully saturated rings. The number of para-hydroxylation sites is 2. The van der Waals surface area contributed by atoms with E-state index in [2.05, 4.69) is 67.1 Å². The van der Waals surface area contributed by atoms with E-state index in [4.69, 9.17) is 22.6 Å². The fourth-order valence-electron chi connectivity index (χ4n) is 17.0. The van der Waals surface area contributed by atoms with E-state index in [1.54, 1.807) is 91.3 Å². The molecule has 0 saturated carbocycles. The zero-order valence-electron chi connectivity index (χ0n) is 76.7. The SMILES string of the molecule is CCCC[C@H]1C(=O)N(C)[C@@H](CCCC)C(=O)C[C@@H](CCCNC(=N)N)C(=O)N[C@H](C(=O)NCC(N)=O)CSCC(=O)N[C@@H](Cc2ccccc2)C(=O)N(C)[C@@H](C)C(=O)N[C@@H](CC(N)=O)C(=O)N2CCC[C@H]2C(=O)C[C@@H](Cc2cnc[nH]2)C(=O)C[C@@H](Cc2cnc[nH]2)C(=O)N(C)CC(=O)N[C@@H](Cc2c[nH]c3ccccc23)C(=O)C[C@@H](CO)C(=O)N[C@@H](Cc2c[nH]c3ccccc23)C(=O)N1C. The molecule has 722 valence electrons. The number of guanidine groups is 1. The number of fused-ring (bicyclic) bond motifs is 3. The second kappa shape index (κ2) is 51.0. The maximum atomic E-state index is 15.8. The zero-order valence-corrected chi connectivity index (χ0v) is 77.5. The van der Waals surface area contributed by atoms with Crippen molar-refractivity contribution in [2.45, 2.75) is 204 Å². The van der Waals surface area contributed by atoms with Gasteiger partial charge in [0.15, 0.2) is 23.3 Å². The largest absolute Gasteiger partial charge is 0.396 e. The standard InChI is InChI=1S/C93H126N22O18S/c1-8-10-28-73-78(119)38-56(23-19-31-100-93(96)97)85(126)110-72(87(128)103-47-81(95)122)50-134-51-83(124)107-69(33-55-21-13-12-14-22-55)89(130)112(5)54(3)84(125)108-71(42-80(94)121)91(132)115-32-20-30-74(115)79(120)39-57(34-62-45-98-52-104-62)76(117)40-58(35-63-46-99-53-105-63)88(129)111(4)48-82(123)106-68(36-59-43-101-66-26-17-15-24-64(59)66)77(118)41-61(49-116)86(127)109-70(37-60-44-102-67-27-18-16-25-65(60)67)90(131)114(7)75(29-11-9-2)92(133)113(73)6/h12-18,21-22,24-27,43-46,52-54,56-58,61,68-75,101-102,116H,8-11,19-20,23,28-42,47-51H2,1-7H3,(H2,94,121)(H2,95,122)(H,98,104)(H,99,105)(H,103,128)(H,106,123)(H,107,124)(H,108,125)(H,109,127)(H,110,126)(H4,96,97,100)/t54-,56+,57+,58+,61-,68-,69-,70-,71-,72-,73-,74-,75-/m0/s1. The van der Waals surface area contributed by atoms with Crippen LogP contribution in [0.25, 0.3) is 21.8 Å². The van der Waals surface area contributed by atoms with Crippen molar-refractivity contribution >= 4 is 139 Å². The van der Waals surface area contributed by atoms with Gasteiger partial charge in [-0.15, -0.1) is 11.8 Å². The Kier molecular flexibility index (Phi) is 39.6. The lowest BCUT2D eigenvalue weighted by Crippen LogP contribution is -2.58. The molecule has 4 aromatic heterocycles. The highest BCUT2D eigenvalue weighted by Gasteiger charge is 2.44. The summed E-state index contributed by atoms with van der Waals surface area (Å²) in [6.07, 6.45) is 7.35. The lowest BCUT2D eigenvalue weighted by Gasteiger charge is -2.36. The molecule has 0 spiro atoms. The summed E-state index contributed by atoms with van der Waals surface area (Å²) in [4.78, 5) is 276. The van der Waals surface area contributed by atoms with Gasteiger partial charge in [-0.2, -0.15) is 0 Å². The van der Waals surface area contributed by atoms with Crippen LogP contribution in [0.2, 0.25) is 0 Å². The number of nitrogens with two attached hydrogens (primary N) is 3. The molecule has 19 N–H and O–H groups in total. The van der Waals surface area contributed by atoms with Crippen molar-refractivity contribution in [3.8, 4) is 0 Å². The molecule has 3 aromatic carbocycles. The van der Waals surface area contributed by atoms with Gasteiger partial charge in [0, 0.05) is 168 Å². The van der Waals surface area contributed by atoms with Crippen molar-refractivity contribution in [1.82, 2.24) is 91.6 Å². The van der Waals surface area contributed by atoms with Crippen LogP contribution in [0.1, 0.15) is 145 Å². The number of carbonyl (C=O) groups is 17. The number of ketones is 4. The highest BCUT2D eigenvalue weighted by molar-refractivity contribution is 8.00. The summed E-state index contributed by atoms with van der Waals surface area (Å²) in [5.41, 5.74) is 20.7. The van der Waals surface area contributed by atoms with Gasteiger partial charge in [-0.25, -0.2) is 9.97 Å². The number of carbonyl (C=O) groups excluding carboxylic acids is 17. The van der Waals surface area contributed by atoms with Gasteiger partial charge in [0.1, 0.15) is 42.0 Å². The number of aromatic nitrogens is 6. The number of imidazole rings is 2. The number of nitrogens with zero attached hydrogens (tertiary/aromatic N) is 7. The number of nitrogens with one attached hydrogen (secondary N) is 12. The molecule has 6 heterocycles. The number of hydrogen-bond donors (Lipinski definition) is 16. The summed E-state index contributed by atoms with van der Waals surface area (Å²) >= 11 is 0.821. The minimum atomic E-state index is -1.71. The molecular formula is C93H126N22O18S. The van der Waals surface area contributed by atoms with E-state index >= 15 is 43.2 Å². The molecule has 7 aromatic rings. The second-order valence-electron chi connectivity index (χ2n) is 34.5. The third kappa shape index (κ3) is 29.8. The highest BCUT2D eigenvalue weighted by Crippen LogP contribution is 2.30. The first-order valence-electron chi connectivity index (χ1n) is 45.2. The molecule has 0 radical (unpaired) electrons. The molecule has 2 saturated heterocycles. The molecule has 9 rings (SSSR count). The summed E-state index contributed by atoms with van der Waals surface area (Å²) < 4.78 is 0. The number of H-pyrrole nitrogens is 4. The van der Waals surface area contributed by atoms with Crippen molar-refractivity contribution in [2.24, 2.45) is 40.9 Å². The van der Waals surface area contributed by atoms with Gasteiger partial charge in [0.05, 0.1) is 74.5 Å². The molecule has 41 heteroatoms. The third-order valence-corrected chi connectivity index (χ3v) is 25.7. The number of primary amides is 2. The summed E-state index contributed by atoms with van der Waals surface area (Å²) in [7, 11) is 5.39. The average molecular weight is 1870 g/mol. The second-order valence-corrected chi connectivity index (χ2v) is 35.6. The van der Waals surface area contributed by atoms with Crippen LogP contribution in [0, 0.1) is 29.1 Å². The average Bonchev–Trinajstić information content (AvgIpc) is 1.66.